The number of para-hydroxylation sites is 1. The Kier molecular flexibility index (Phi) is 3.48. The standard InChI is InChI=1S/C15H18N2O2/c1-15(2)8-7-12(14(18)19)10-17(15)13-6-4-3-5-11(13)9-16/h3-6,12H,7-8,10H2,1-2H3,(H,18,19). The number of hydrogen-bond donors (Lipinski definition) is 1. The molecule has 4 nitrogen and oxygen atoms in total. The van der Waals surface area contributed by atoms with Gasteiger partial charge in [-0.15, -0.1) is 0 Å². The zero-order chi connectivity index (χ0) is 14.0. The van der Waals surface area contributed by atoms with E-state index < -0.39 is 5.97 Å². The summed E-state index contributed by atoms with van der Waals surface area (Å²) in [5.74, 6) is -1.12. The van der Waals surface area contributed by atoms with Crippen LogP contribution in [0.1, 0.15) is 32.3 Å². The van der Waals surface area contributed by atoms with Crippen molar-refractivity contribution in [2.24, 2.45) is 5.92 Å². The van der Waals surface area contributed by atoms with Crippen LogP contribution in [-0.2, 0) is 4.79 Å². The molecule has 4 heteroatoms. The van der Waals surface area contributed by atoms with E-state index in [1.807, 2.05) is 18.2 Å². The number of hydrogen-bond acceptors (Lipinski definition) is 3. The van der Waals surface area contributed by atoms with E-state index >= 15 is 0 Å². The SMILES string of the molecule is CC1(C)CCC(C(=O)O)CN1c1ccccc1C#N. The molecule has 1 atom stereocenters. The van der Waals surface area contributed by atoms with Gasteiger partial charge >= 0.3 is 5.97 Å². The molecule has 1 unspecified atom stereocenters. The van der Waals surface area contributed by atoms with Gasteiger partial charge in [0.15, 0.2) is 0 Å². The molecule has 1 heterocycles. The Morgan fingerprint density at radius 1 is 1.47 bits per heavy atom. The minimum absolute atomic E-state index is 0.126. The molecule has 1 aromatic carbocycles. The minimum atomic E-state index is -0.755. The van der Waals surface area contributed by atoms with Crippen molar-refractivity contribution in [1.82, 2.24) is 0 Å². The lowest BCUT2D eigenvalue weighted by molar-refractivity contribution is -0.142. The first-order chi connectivity index (χ1) is 8.95. The Morgan fingerprint density at radius 3 is 2.79 bits per heavy atom. The fourth-order valence-corrected chi connectivity index (χ4v) is 2.65. The molecule has 19 heavy (non-hydrogen) atoms. The van der Waals surface area contributed by atoms with Crippen LogP contribution in [0.3, 0.4) is 0 Å². The molecular weight excluding hydrogens is 240 g/mol. The van der Waals surface area contributed by atoms with Gasteiger partial charge in [-0.05, 0) is 38.8 Å². The number of carboxylic acids is 1. The number of benzene rings is 1. The Bertz CT molecular complexity index is 531. The smallest absolute Gasteiger partial charge is 0.308 e. The first kappa shape index (κ1) is 13.4. The zero-order valence-corrected chi connectivity index (χ0v) is 11.3. The van der Waals surface area contributed by atoms with E-state index in [0.717, 1.165) is 12.1 Å². The number of nitriles is 1. The summed E-state index contributed by atoms with van der Waals surface area (Å²) in [4.78, 5) is 13.3. The lowest BCUT2D eigenvalue weighted by atomic mass is 9.84. The van der Waals surface area contributed by atoms with Crippen LogP contribution in [0.25, 0.3) is 0 Å². The average Bonchev–Trinajstić information content (AvgIpc) is 2.38. The van der Waals surface area contributed by atoms with Crippen molar-refractivity contribution >= 4 is 11.7 Å². The highest BCUT2D eigenvalue weighted by molar-refractivity contribution is 5.72. The summed E-state index contributed by atoms with van der Waals surface area (Å²) in [7, 11) is 0. The maximum Gasteiger partial charge on any atom is 0.308 e. The van der Waals surface area contributed by atoms with Crippen LogP contribution in [0.4, 0.5) is 5.69 Å². The Morgan fingerprint density at radius 2 is 2.16 bits per heavy atom. The van der Waals surface area contributed by atoms with Gasteiger partial charge in [0.05, 0.1) is 17.2 Å². The zero-order valence-electron chi connectivity index (χ0n) is 11.3. The van der Waals surface area contributed by atoms with Crippen LogP contribution >= 0.6 is 0 Å². The van der Waals surface area contributed by atoms with Gasteiger partial charge in [-0.1, -0.05) is 12.1 Å². The predicted octanol–water partition coefficient (Wildman–Crippen LogP) is 2.64. The monoisotopic (exact) mass is 258 g/mol. The number of carbonyl (C=O) groups is 1. The first-order valence-corrected chi connectivity index (χ1v) is 6.45. The van der Waals surface area contributed by atoms with Crippen molar-refractivity contribution in [2.45, 2.75) is 32.2 Å². The van der Waals surface area contributed by atoms with E-state index in [0.29, 0.717) is 18.5 Å². The Labute approximate surface area is 113 Å². The van der Waals surface area contributed by atoms with Crippen molar-refractivity contribution < 1.29 is 9.90 Å². The molecule has 0 amide bonds. The number of nitrogens with zero attached hydrogens (tertiary/aromatic N) is 2. The van der Waals surface area contributed by atoms with Crippen LogP contribution in [0.2, 0.25) is 0 Å². The van der Waals surface area contributed by atoms with E-state index in [9.17, 15) is 15.2 Å². The number of anilines is 1. The number of rotatable bonds is 2. The minimum Gasteiger partial charge on any atom is -0.481 e. The fraction of sp³-hybridized carbons (Fsp3) is 0.467. The molecule has 1 aliphatic heterocycles. The van der Waals surface area contributed by atoms with E-state index in [-0.39, 0.29) is 11.5 Å². The van der Waals surface area contributed by atoms with Crippen molar-refractivity contribution in [3.63, 3.8) is 0 Å². The summed E-state index contributed by atoms with van der Waals surface area (Å²) in [6.45, 7) is 4.65. The number of piperidine rings is 1. The van der Waals surface area contributed by atoms with E-state index in [4.69, 9.17) is 0 Å². The van der Waals surface area contributed by atoms with Gasteiger partial charge in [-0.3, -0.25) is 4.79 Å². The second kappa shape index (κ2) is 4.93. The Balaban J connectivity index is 2.39. The largest absolute Gasteiger partial charge is 0.481 e. The summed E-state index contributed by atoms with van der Waals surface area (Å²) >= 11 is 0. The number of carboxylic acid groups (broad SMARTS) is 1. The molecule has 0 radical (unpaired) electrons. The molecule has 0 bridgehead atoms. The molecule has 1 fully saturated rings. The van der Waals surface area contributed by atoms with Gasteiger partial charge in [0.1, 0.15) is 6.07 Å². The second-order valence-electron chi connectivity index (χ2n) is 5.63. The van der Waals surface area contributed by atoms with Gasteiger partial charge in [0, 0.05) is 12.1 Å². The first-order valence-electron chi connectivity index (χ1n) is 6.45. The highest BCUT2D eigenvalue weighted by atomic mass is 16.4. The molecular formula is C15H18N2O2. The lowest BCUT2D eigenvalue weighted by Gasteiger charge is -2.46. The average molecular weight is 258 g/mol. The van der Waals surface area contributed by atoms with Crippen molar-refractivity contribution in [1.29, 1.82) is 5.26 Å². The third kappa shape index (κ3) is 2.55. The molecule has 1 N–H and O–H groups in total. The molecule has 1 aromatic rings. The maximum atomic E-state index is 11.2. The van der Waals surface area contributed by atoms with Crippen LogP contribution in [0.15, 0.2) is 24.3 Å². The van der Waals surface area contributed by atoms with Crippen molar-refractivity contribution in [3.05, 3.63) is 29.8 Å². The van der Waals surface area contributed by atoms with Crippen molar-refractivity contribution in [2.75, 3.05) is 11.4 Å². The summed E-state index contributed by atoms with van der Waals surface area (Å²) in [6, 6.07) is 9.57. The summed E-state index contributed by atoms with van der Waals surface area (Å²) in [5.41, 5.74) is 1.31. The second-order valence-corrected chi connectivity index (χ2v) is 5.63. The molecule has 1 saturated heterocycles. The molecule has 0 spiro atoms. The highest BCUT2D eigenvalue weighted by Crippen LogP contribution is 2.36. The van der Waals surface area contributed by atoms with Crippen LogP contribution in [0.5, 0.6) is 0 Å². The summed E-state index contributed by atoms with van der Waals surface area (Å²) < 4.78 is 0. The van der Waals surface area contributed by atoms with Gasteiger partial charge < -0.3 is 10.0 Å². The Hall–Kier alpha value is -2.02. The molecule has 100 valence electrons. The molecule has 1 aliphatic rings. The third-order valence-electron chi connectivity index (χ3n) is 3.90. The van der Waals surface area contributed by atoms with Gasteiger partial charge in [0.2, 0.25) is 0 Å². The van der Waals surface area contributed by atoms with Gasteiger partial charge in [-0.25, -0.2) is 0 Å². The maximum absolute atomic E-state index is 11.2. The van der Waals surface area contributed by atoms with Gasteiger partial charge in [-0.2, -0.15) is 5.26 Å². The molecule has 2 rings (SSSR count). The normalized spacial score (nSPS) is 21.7. The van der Waals surface area contributed by atoms with Crippen molar-refractivity contribution in [3.8, 4) is 6.07 Å². The fourth-order valence-electron chi connectivity index (χ4n) is 2.65. The number of aliphatic carboxylic acids is 1. The summed E-state index contributed by atoms with van der Waals surface area (Å²) in [5, 5.41) is 18.4. The topological polar surface area (TPSA) is 64.3 Å². The van der Waals surface area contributed by atoms with E-state index in [2.05, 4.69) is 24.8 Å². The molecule has 0 aromatic heterocycles. The quantitative estimate of drug-likeness (QED) is 0.885. The summed E-state index contributed by atoms with van der Waals surface area (Å²) in [6.07, 6.45) is 1.50. The van der Waals surface area contributed by atoms with E-state index in [1.54, 1.807) is 6.07 Å². The van der Waals surface area contributed by atoms with Crippen LogP contribution in [0, 0.1) is 17.2 Å². The highest BCUT2D eigenvalue weighted by Gasteiger charge is 2.37. The third-order valence-corrected chi connectivity index (χ3v) is 3.90. The van der Waals surface area contributed by atoms with Crippen LogP contribution in [-0.4, -0.2) is 23.2 Å². The lowest BCUT2D eigenvalue weighted by Crippen LogP contribution is -2.52. The van der Waals surface area contributed by atoms with Crippen LogP contribution < -0.4 is 4.90 Å². The molecule has 0 saturated carbocycles. The molecule has 0 aliphatic carbocycles. The predicted molar refractivity (Wildman–Crippen MR) is 72.9 cm³/mol. The van der Waals surface area contributed by atoms with E-state index in [1.165, 1.54) is 0 Å². The van der Waals surface area contributed by atoms with Gasteiger partial charge in [0.25, 0.3) is 0 Å².